The Balaban J connectivity index is 0. The molecule has 1 nitrogen and oxygen atoms in total. The summed E-state index contributed by atoms with van der Waals surface area (Å²) >= 11 is 0. The molecule has 0 radical (unpaired) electrons. The van der Waals surface area contributed by atoms with Gasteiger partial charge in [0.1, 0.15) is 0 Å². The molecule has 0 unspecified atom stereocenters. The zero-order valence-corrected chi connectivity index (χ0v) is 3.01. The summed E-state index contributed by atoms with van der Waals surface area (Å²) in [5.41, 5.74) is 0. The van der Waals surface area contributed by atoms with Crippen molar-refractivity contribution in [3.8, 4) is 6.07 Å². The fourth-order valence-corrected chi connectivity index (χ4v) is 0. The molecule has 0 aliphatic carbocycles. The Hall–Kier alpha value is 0.750. The van der Waals surface area contributed by atoms with E-state index in [1.54, 1.807) is 6.07 Å². The van der Waals surface area contributed by atoms with Crippen LogP contribution in [0.2, 0.25) is 0 Å². The van der Waals surface area contributed by atoms with Gasteiger partial charge < -0.3 is 0 Å². The van der Waals surface area contributed by atoms with Crippen LogP contribution in [0.4, 0.5) is 0 Å². The Morgan fingerprint density at radius 2 is 1.75 bits per heavy atom. The van der Waals surface area contributed by atoms with Crippen molar-refractivity contribution < 1.29 is 37.7 Å². The number of hydrogen-bond donors (Lipinski definition) is 0. The van der Waals surface area contributed by atoms with Gasteiger partial charge in [0.05, 0.1) is 6.07 Å². The Kier molecular flexibility index (Phi) is 20.4. The molecule has 0 heterocycles. The third-order valence-corrected chi connectivity index (χ3v) is 0. The summed E-state index contributed by atoms with van der Waals surface area (Å²) < 4.78 is 0. The number of nitriles is 1. The van der Waals surface area contributed by atoms with Gasteiger partial charge in [0.25, 0.3) is 0 Å². The topological polar surface area (TPSA) is 23.8 Å². The van der Waals surface area contributed by atoms with Crippen molar-refractivity contribution in [2.75, 3.05) is 0 Å². The van der Waals surface area contributed by atoms with Crippen molar-refractivity contribution in [2.45, 2.75) is 6.92 Å². The first kappa shape index (κ1) is 8.83. The summed E-state index contributed by atoms with van der Waals surface area (Å²) in [6.07, 6.45) is 0. The van der Waals surface area contributed by atoms with Crippen LogP contribution in [0, 0.1) is 49.1 Å². The smallest absolute Gasteiger partial charge is 0.0587 e. The average Bonchev–Trinajstić information content (AvgIpc) is 0.918. The van der Waals surface area contributed by atoms with Crippen molar-refractivity contribution >= 4 is 0 Å². The fraction of sp³-hybridized carbons (Fsp3) is 0.500. The van der Waals surface area contributed by atoms with Gasteiger partial charge in [-0.1, -0.05) is 0 Å². The summed E-state index contributed by atoms with van der Waals surface area (Å²) in [5, 5.41) is 7.32. The minimum Gasteiger partial charge on any atom is -0.199 e. The van der Waals surface area contributed by atoms with E-state index in [2.05, 4.69) is 0 Å². The second-order valence-corrected chi connectivity index (χ2v) is 0.224. The molecule has 0 rings (SSSR count). The molecule has 0 amide bonds. The van der Waals surface area contributed by atoms with E-state index >= 15 is 0 Å². The molecule has 0 saturated carbocycles. The molecule has 0 saturated heterocycles. The van der Waals surface area contributed by atoms with E-state index in [1.165, 1.54) is 6.92 Å². The van der Waals surface area contributed by atoms with Gasteiger partial charge in [-0.2, -0.15) is 5.26 Å². The largest absolute Gasteiger partial charge is 0.199 e. The first-order valence-electron chi connectivity index (χ1n) is 0.724. The molecule has 0 aliphatic rings. The van der Waals surface area contributed by atoms with E-state index in [4.69, 9.17) is 5.26 Å². The summed E-state index contributed by atoms with van der Waals surface area (Å²) in [7, 11) is 0. The van der Waals surface area contributed by atoms with Crippen LogP contribution < -0.4 is 0 Å². The molecule has 2 heteroatoms. The second kappa shape index (κ2) is 9.26. The zero-order valence-electron chi connectivity index (χ0n) is 2.30. The van der Waals surface area contributed by atoms with Crippen LogP contribution in [0.1, 0.15) is 6.92 Å². The third kappa shape index (κ3) is 15.0. The van der Waals surface area contributed by atoms with Crippen LogP contribution in [0.15, 0.2) is 0 Å². The predicted octanol–water partition coefficient (Wildman–Crippen LogP) is 0.530. The van der Waals surface area contributed by atoms with Gasteiger partial charge in [0, 0.05) is 44.7 Å². The van der Waals surface area contributed by atoms with Crippen molar-refractivity contribution in [3.63, 3.8) is 0 Å². The maximum atomic E-state index is 7.32. The Bertz CT molecular complexity index is 27.5. The normalized spacial score (nSPS) is 2.00. The number of hydrogen-bond acceptors (Lipinski definition) is 1. The summed E-state index contributed by atoms with van der Waals surface area (Å²) in [4.78, 5) is 0. The third-order valence-electron chi connectivity index (χ3n) is 0. The van der Waals surface area contributed by atoms with Gasteiger partial charge in [-0.05, 0) is 0 Å². The average molecular weight is 81.0 g/mol. The Labute approximate surface area is 55.6 Å². The molecule has 0 aromatic heterocycles. The van der Waals surface area contributed by atoms with Gasteiger partial charge in [0.2, 0.25) is 0 Å². The first-order valence-corrected chi connectivity index (χ1v) is 0.724. The van der Waals surface area contributed by atoms with E-state index in [-0.39, 0.29) is 37.7 Å². The molecule has 24 valence electrons. The van der Waals surface area contributed by atoms with Crippen LogP contribution in [0.3, 0.4) is 0 Å². The van der Waals surface area contributed by atoms with Gasteiger partial charge in [-0.3, -0.25) is 0 Å². The molecule has 0 aromatic carbocycles. The maximum Gasteiger partial charge on any atom is 0.0587 e. The Morgan fingerprint density at radius 3 is 1.75 bits per heavy atom. The fourth-order valence-electron chi connectivity index (χ4n) is 0. The number of nitrogens with zero attached hydrogens (tertiary/aromatic N) is 1. The molecule has 0 bridgehead atoms. The SMILES string of the molecule is CC#N.[Ar]. The molecule has 0 N–H and O–H groups in total. The van der Waals surface area contributed by atoms with Crippen molar-refractivity contribution in [3.05, 3.63) is 0 Å². The van der Waals surface area contributed by atoms with Gasteiger partial charge in [-0.15, -0.1) is 0 Å². The molecule has 0 atom stereocenters. The minimum absolute atomic E-state index is 0. The molecule has 0 spiro atoms. The summed E-state index contributed by atoms with van der Waals surface area (Å²) in [5.74, 6) is 0. The summed E-state index contributed by atoms with van der Waals surface area (Å²) in [6.45, 7) is 1.43. The second-order valence-electron chi connectivity index (χ2n) is 0.224. The molecule has 4 heavy (non-hydrogen) atoms. The molecule has 0 aliphatic heterocycles. The monoisotopic (exact) mass is 81.0 g/mol. The maximum absolute atomic E-state index is 7.32. The first-order chi connectivity index (χ1) is 1.41. The van der Waals surface area contributed by atoms with Crippen LogP contribution in [-0.4, -0.2) is 0 Å². The van der Waals surface area contributed by atoms with Gasteiger partial charge in [-0.25, -0.2) is 0 Å². The van der Waals surface area contributed by atoms with Gasteiger partial charge >= 0.3 is 0 Å². The van der Waals surface area contributed by atoms with E-state index < -0.39 is 0 Å². The van der Waals surface area contributed by atoms with Gasteiger partial charge in [0.15, 0.2) is 0 Å². The van der Waals surface area contributed by atoms with Crippen molar-refractivity contribution in [1.29, 1.82) is 5.26 Å². The summed E-state index contributed by atoms with van der Waals surface area (Å²) in [6, 6.07) is 1.75. The quantitative estimate of drug-likeness (QED) is 0.417. The van der Waals surface area contributed by atoms with Crippen molar-refractivity contribution in [2.24, 2.45) is 0 Å². The molecule has 0 fully saturated rings. The minimum atomic E-state index is 0. The molecular formula is C2H3ArN. The Morgan fingerprint density at radius 1 is 1.75 bits per heavy atom. The number of rotatable bonds is 0. The standard InChI is InChI=1S/C2H3N.Ar/c1-2-3;/h1H3;. The van der Waals surface area contributed by atoms with Crippen LogP contribution in [-0.2, 0) is 0 Å². The molecular weight excluding hydrogens is 78.0 g/mol. The molecule has 0 aromatic rings. The van der Waals surface area contributed by atoms with Crippen LogP contribution in [0.5, 0.6) is 0 Å². The zero-order chi connectivity index (χ0) is 2.71. The van der Waals surface area contributed by atoms with Crippen LogP contribution in [0.25, 0.3) is 0 Å². The van der Waals surface area contributed by atoms with E-state index in [1.807, 2.05) is 0 Å². The van der Waals surface area contributed by atoms with E-state index in [9.17, 15) is 0 Å². The van der Waals surface area contributed by atoms with Crippen molar-refractivity contribution in [1.82, 2.24) is 0 Å². The van der Waals surface area contributed by atoms with E-state index in [0.29, 0.717) is 0 Å². The van der Waals surface area contributed by atoms with Crippen LogP contribution >= 0.6 is 0 Å². The predicted molar refractivity (Wildman–Crippen MR) is 11.3 cm³/mol. The van der Waals surface area contributed by atoms with E-state index in [0.717, 1.165) is 0 Å².